The fourth-order valence-corrected chi connectivity index (χ4v) is 4.11. The topological polar surface area (TPSA) is 92.8 Å². The Morgan fingerprint density at radius 1 is 1.15 bits per heavy atom. The second kappa shape index (κ2) is 8.64. The molecule has 146 valence electrons. The molecule has 1 aromatic heterocycles. The highest BCUT2D eigenvalue weighted by Crippen LogP contribution is 2.30. The summed E-state index contributed by atoms with van der Waals surface area (Å²) in [6.07, 6.45) is 0.726. The van der Waals surface area contributed by atoms with Gasteiger partial charge >= 0.3 is 5.97 Å². The van der Waals surface area contributed by atoms with Gasteiger partial charge < -0.3 is 10.1 Å². The summed E-state index contributed by atoms with van der Waals surface area (Å²) in [6.45, 7) is 3.91. The third-order valence-electron chi connectivity index (χ3n) is 3.75. The maximum Gasteiger partial charge on any atom is 0.341 e. The molecule has 1 N–H and O–H groups in total. The molecule has 0 aliphatic carbocycles. The van der Waals surface area contributed by atoms with E-state index >= 15 is 0 Å². The van der Waals surface area contributed by atoms with Crippen LogP contribution < -0.4 is 5.32 Å². The Hall–Kier alpha value is -2.23. The first-order chi connectivity index (χ1) is 12.7. The molecular weight excluding hydrogens is 388 g/mol. The van der Waals surface area contributed by atoms with Crippen LogP contribution in [0.15, 0.2) is 35.2 Å². The van der Waals surface area contributed by atoms with Gasteiger partial charge in [-0.05, 0) is 43.7 Å². The molecule has 0 aliphatic heterocycles. The Morgan fingerprint density at radius 2 is 1.78 bits per heavy atom. The first-order valence-electron chi connectivity index (χ1n) is 8.34. The maximum atomic E-state index is 12.5. The number of carbonyl (C=O) groups is 2. The van der Waals surface area contributed by atoms with E-state index in [0.29, 0.717) is 10.6 Å². The van der Waals surface area contributed by atoms with E-state index in [1.165, 1.54) is 49.7 Å². The van der Waals surface area contributed by atoms with Crippen molar-refractivity contribution in [1.29, 1.82) is 0 Å². The lowest BCUT2D eigenvalue weighted by Gasteiger charge is -2.11. The minimum atomic E-state index is -3.56. The van der Waals surface area contributed by atoms with Crippen LogP contribution in [-0.2, 0) is 21.2 Å². The largest absolute Gasteiger partial charge is 0.462 e. The number of hydrogen-bond donors (Lipinski definition) is 1. The van der Waals surface area contributed by atoms with Crippen LogP contribution in [0.5, 0.6) is 0 Å². The number of thiophene rings is 1. The number of nitrogens with zero attached hydrogens (tertiary/aromatic N) is 1. The van der Waals surface area contributed by atoms with Gasteiger partial charge in [0, 0.05) is 24.5 Å². The Balaban J connectivity index is 2.25. The third kappa shape index (κ3) is 4.74. The van der Waals surface area contributed by atoms with Crippen LogP contribution in [0, 0.1) is 0 Å². The molecule has 0 saturated carbocycles. The van der Waals surface area contributed by atoms with Crippen LogP contribution in [0.4, 0.5) is 5.00 Å². The average molecular weight is 411 g/mol. The van der Waals surface area contributed by atoms with Crippen LogP contribution in [0.2, 0.25) is 0 Å². The monoisotopic (exact) mass is 410 g/mol. The van der Waals surface area contributed by atoms with Gasteiger partial charge in [-0.25, -0.2) is 17.5 Å². The summed E-state index contributed by atoms with van der Waals surface area (Å²) in [4.78, 5) is 25.7. The molecule has 0 fully saturated rings. The summed E-state index contributed by atoms with van der Waals surface area (Å²) in [5.41, 5.74) is 0.604. The number of aryl methyl sites for hydroxylation is 1. The number of benzene rings is 1. The minimum absolute atomic E-state index is 0.0978. The lowest BCUT2D eigenvalue weighted by atomic mass is 10.2. The zero-order valence-electron chi connectivity index (χ0n) is 15.6. The number of ether oxygens (including phenoxy) is 1. The Morgan fingerprint density at radius 3 is 2.30 bits per heavy atom. The summed E-state index contributed by atoms with van der Waals surface area (Å²) in [6, 6.07) is 7.34. The molecule has 27 heavy (non-hydrogen) atoms. The van der Waals surface area contributed by atoms with Gasteiger partial charge in [-0.1, -0.05) is 6.92 Å². The summed E-state index contributed by atoms with van der Waals surface area (Å²) >= 11 is 1.31. The normalized spacial score (nSPS) is 11.4. The number of hydrogen-bond acceptors (Lipinski definition) is 6. The molecule has 1 aromatic carbocycles. The van der Waals surface area contributed by atoms with Crippen LogP contribution in [-0.4, -0.2) is 45.3 Å². The van der Waals surface area contributed by atoms with Crippen molar-refractivity contribution in [3.05, 3.63) is 46.3 Å². The van der Waals surface area contributed by atoms with Crippen molar-refractivity contribution in [3.63, 3.8) is 0 Å². The minimum Gasteiger partial charge on any atom is -0.462 e. The second-order valence-electron chi connectivity index (χ2n) is 5.80. The number of sulfonamides is 1. The molecule has 0 bridgehead atoms. The molecule has 0 saturated heterocycles. The van der Waals surface area contributed by atoms with Gasteiger partial charge in [-0.3, -0.25) is 4.79 Å². The highest BCUT2D eigenvalue weighted by atomic mass is 32.2. The SMILES string of the molecule is CCOC(=O)c1cc(CC)sc1NC(=O)c1ccc(S(=O)(=O)N(C)C)cc1. The van der Waals surface area contributed by atoms with Gasteiger partial charge in [0.1, 0.15) is 5.00 Å². The molecule has 0 spiro atoms. The van der Waals surface area contributed by atoms with Gasteiger partial charge in [-0.15, -0.1) is 11.3 Å². The van der Waals surface area contributed by atoms with Gasteiger partial charge in [0.2, 0.25) is 10.0 Å². The Bertz CT molecular complexity index is 931. The van der Waals surface area contributed by atoms with Crippen molar-refractivity contribution < 1.29 is 22.7 Å². The zero-order chi connectivity index (χ0) is 20.2. The summed E-state index contributed by atoms with van der Waals surface area (Å²) < 4.78 is 30.3. The average Bonchev–Trinajstić information content (AvgIpc) is 3.05. The number of anilines is 1. The fourth-order valence-electron chi connectivity index (χ4n) is 2.23. The third-order valence-corrected chi connectivity index (χ3v) is 6.77. The number of nitrogens with one attached hydrogen (secondary N) is 1. The van der Waals surface area contributed by atoms with Gasteiger partial charge in [0.25, 0.3) is 5.91 Å². The van der Waals surface area contributed by atoms with Crippen LogP contribution in [0.1, 0.15) is 39.4 Å². The predicted octanol–water partition coefficient (Wildman–Crippen LogP) is 2.99. The number of carbonyl (C=O) groups excluding carboxylic acids is 2. The maximum absolute atomic E-state index is 12.5. The molecule has 0 aliphatic rings. The summed E-state index contributed by atoms with van der Waals surface area (Å²) in [5, 5.41) is 3.14. The predicted molar refractivity (Wildman–Crippen MR) is 105 cm³/mol. The van der Waals surface area contributed by atoms with Crippen molar-refractivity contribution in [3.8, 4) is 0 Å². The van der Waals surface area contributed by atoms with Gasteiger partial charge in [-0.2, -0.15) is 0 Å². The van der Waals surface area contributed by atoms with E-state index in [4.69, 9.17) is 4.74 Å². The lowest BCUT2D eigenvalue weighted by Crippen LogP contribution is -2.22. The summed E-state index contributed by atoms with van der Waals surface area (Å²) in [5.74, 6) is -0.921. The van der Waals surface area contributed by atoms with E-state index in [1.54, 1.807) is 13.0 Å². The number of amides is 1. The fraction of sp³-hybridized carbons (Fsp3) is 0.333. The summed E-state index contributed by atoms with van der Waals surface area (Å²) in [7, 11) is -0.681. The number of esters is 1. The zero-order valence-corrected chi connectivity index (χ0v) is 17.2. The highest BCUT2D eigenvalue weighted by Gasteiger charge is 2.20. The standard InChI is InChI=1S/C18H22N2O5S2/c1-5-13-11-15(18(22)25-6-2)17(26-13)19-16(21)12-7-9-14(10-8-12)27(23,24)20(3)4/h7-11H,5-6H2,1-4H3,(H,19,21). The molecule has 2 rings (SSSR count). The quantitative estimate of drug-likeness (QED) is 0.709. The molecule has 2 aromatic rings. The molecule has 7 nitrogen and oxygen atoms in total. The van der Waals surface area contributed by atoms with Crippen molar-refractivity contribution in [2.45, 2.75) is 25.2 Å². The van der Waals surface area contributed by atoms with E-state index in [1.807, 2.05) is 6.92 Å². The van der Waals surface area contributed by atoms with Crippen LogP contribution >= 0.6 is 11.3 Å². The van der Waals surface area contributed by atoms with Crippen molar-refractivity contribution in [2.75, 3.05) is 26.0 Å². The van der Waals surface area contributed by atoms with Gasteiger partial charge in [0.05, 0.1) is 17.1 Å². The van der Waals surface area contributed by atoms with E-state index in [0.717, 1.165) is 15.6 Å². The van der Waals surface area contributed by atoms with Crippen LogP contribution in [0.3, 0.4) is 0 Å². The molecule has 0 atom stereocenters. The first kappa shape index (κ1) is 21.1. The lowest BCUT2D eigenvalue weighted by molar-refractivity contribution is 0.0528. The molecule has 0 radical (unpaired) electrons. The molecule has 9 heteroatoms. The van der Waals surface area contributed by atoms with Crippen LogP contribution in [0.25, 0.3) is 0 Å². The van der Waals surface area contributed by atoms with E-state index < -0.39 is 21.9 Å². The van der Waals surface area contributed by atoms with Crippen molar-refractivity contribution in [1.82, 2.24) is 4.31 Å². The molecule has 1 heterocycles. The van der Waals surface area contributed by atoms with Gasteiger partial charge in [0.15, 0.2) is 0 Å². The van der Waals surface area contributed by atoms with Crippen molar-refractivity contribution in [2.24, 2.45) is 0 Å². The Labute approximate surface area is 163 Å². The molecular formula is C18H22N2O5S2. The molecule has 0 unspecified atom stereocenters. The smallest absolute Gasteiger partial charge is 0.341 e. The highest BCUT2D eigenvalue weighted by molar-refractivity contribution is 7.89. The molecule has 1 amide bonds. The number of rotatable bonds is 7. The second-order valence-corrected chi connectivity index (χ2v) is 9.08. The Kier molecular flexibility index (Phi) is 6.74. The van der Waals surface area contributed by atoms with E-state index in [9.17, 15) is 18.0 Å². The van der Waals surface area contributed by atoms with E-state index in [-0.39, 0.29) is 17.1 Å². The van der Waals surface area contributed by atoms with E-state index in [2.05, 4.69) is 5.32 Å². The van der Waals surface area contributed by atoms with Crippen molar-refractivity contribution >= 4 is 38.2 Å². The first-order valence-corrected chi connectivity index (χ1v) is 10.6.